The van der Waals surface area contributed by atoms with E-state index in [4.69, 9.17) is 0 Å². The van der Waals surface area contributed by atoms with Crippen molar-refractivity contribution in [1.29, 1.82) is 0 Å². The number of hydrogen-bond donors (Lipinski definition) is 2. The van der Waals surface area contributed by atoms with Gasteiger partial charge < -0.3 is 5.32 Å². The van der Waals surface area contributed by atoms with Gasteiger partial charge in [0.15, 0.2) is 0 Å². The molecule has 2 aromatic carbocycles. The molecule has 1 aliphatic rings. The van der Waals surface area contributed by atoms with Crippen molar-refractivity contribution in [2.75, 3.05) is 5.32 Å². The van der Waals surface area contributed by atoms with Gasteiger partial charge in [0.25, 0.3) is 0 Å². The molecule has 0 bridgehead atoms. The van der Waals surface area contributed by atoms with Crippen molar-refractivity contribution >= 4 is 44.2 Å². The van der Waals surface area contributed by atoms with Crippen LogP contribution in [0.5, 0.6) is 0 Å². The second-order valence-corrected chi connectivity index (χ2v) is 9.89. The van der Waals surface area contributed by atoms with Crippen LogP contribution in [0.15, 0.2) is 59.1 Å². The van der Waals surface area contributed by atoms with E-state index < -0.39 is 6.04 Å². The monoisotopic (exact) mass is 512 g/mol. The van der Waals surface area contributed by atoms with Gasteiger partial charge in [0.2, 0.25) is 16.9 Å². The van der Waals surface area contributed by atoms with Crippen molar-refractivity contribution in [2.24, 2.45) is 5.92 Å². The number of benzene rings is 2. The Morgan fingerprint density at radius 2 is 1.72 bits per heavy atom. The van der Waals surface area contributed by atoms with Crippen LogP contribution >= 0.6 is 27.3 Å². The van der Waals surface area contributed by atoms with Crippen molar-refractivity contribution in [2.45, 2.75) is 44.6 Å². The minimum Gasteiger partial charge on any atom is -0.344 e. The fourth-order valence-corrected chi connectivity index (χ4v) is 4.91. The Balaban J connectivity index is 1.46. The Labute approximate surface area is 200 Å². The van der Waals surface area contributed by atoms with Gasteiger partial charge in [-0.05, 0) is 30.5 Å². The van der Waals surface area contributed by atoms with Gasteiger partial charge in [0.05, 0.1) is 0 Å². The summed E-state index contributed by atoms with van der Waals surface area (Å²) in [6.45, 7) is 0. The van der Waals surface area contributed by atoms with Crippen molar-refractivity contribution in [3.63, 3.8) is 0 Å². The molecule has 1 aliphatic carbocycles. The first-order chi connectivity index (χ1) is 15.6. The number of nitrogens with one attached hydrogen (secondary N) is 2. The summed E-state index contributed by atoms with van der Waals surface area (Å²) >= 11 is 4.73. The maximum absolute atomic E-state index is 13.1. The quantitative estimate of drug-likeness (QED) is 0.454. The highest BCUT2D eigenvalue weighted by Crippen LogP contribution is 2.28. The van der Waals surface area contributed by atoms with E-state index in [1.54, 1.807) is 0 Å². The number of aromatic nitrogens is 2. The van der Waals surface area contributed by atoms with Gasteiger partial charge in [0.1, 0.15) is 11.0 Å². The second-order valence-electron chi connectivity index (χ2n) is 7.99. The molecule has 0 spiro atoms. The fourth-order valence-electron chi connectivity index (χ4n) is 3.89. The van der Waals surface area contributed by atoms with E-state index in [0.29, 0.717) is 11.6 Å². The first-order valence-corrected chi connectivity index (χ1v) is 12.4. The molecule has 4 rings (SSSR count). The maximum Gasteiger partial charge on any atom is 0.249 e. The van der Waals surface area contributed by atoms with Crippen molar-refractivity contribution in [3.8, 4) is 10.6 Å². The summed E-state index contributed by atoms with van der Waals surface area (Å²) in [7, 11) is 0. The number of carbonyl (C=O) groups excluding carboxylic acids is 2. The zero-order valence-electron chi connectivity index (χ0n) is 17.6. The lowest BCUT2D eigenvalue weighted by molar-refractivity contribution is -0.130. The summed E-state index contributed by atoms with van der Waals surface area (Å²) in [6.07, 6.45) is 5.50. The molecule has 3 aromatic rings. The lowest BCUT2D eigenvalue weighted by atomic mass is 9.88. The summed E-state index contributed by atoms with van der Waals surface area (Å²) in [5.41, 5.74) is 1.92. The van der Waals surface area contributed by atoms with Crippen molar-refractivity contribution in [3.05, 3.63) is 64.6 Å². The number of nitrogens with zero attached hydrogens (tertiary/aromatic N) is 2. The largest absolute Gasteiger partial charge is 0.344 e. The van der Waals surface area contributed by atoms with Crippen LogP contribution in [0.4, 0.5) is 5.13 Å². The molecule has 8 heteroatoms. The Hall–Kier alpha value is -2.58. The van der Waals surface area contributed by atoms with Crippen molar-refractivity contribution < 1.29 is 9.59 Å². The third-order valence-electron chi connectivity index (χ3n) is 5.64. The van der Waals surface area contributed by atoms with Crippen LogP contribution in [0.25, 0.3) is 10.6 Å². The van der Waals surface area contributed by atoms with E-state index in [1.807, 2.05) is 54.6 Å². The Bertz CT molecular complexity index is 1050. The van der Waals surface area contributed by atoms with Gasteiger partial charge in [-0.2, -0.15) is 0 Å². The average Bonchev–Trinajstić information content (AvgIpc) is 3.28. The summed E-state index contributed by atoms with van der Waals surface area (Å²) in [5.74, 6) is -0.328. The number of carbonyl (C=O) groups is 2. The highest BCUT2D eigenvalue weighted by molar-refractivity contribution is 9.10. The molecule has 1 atom stereocenters. The Morgan fingerprint density at radius 1 is 1.00 bits per heavy atom. The standard InChI is InChI=1S/C24H25BrN4O2S/c25-19-13-11-18(12-14-19)23-28-29-24(32-23)27-22(31)20(15-16-7-3-1-4-8-16)26-21(30)17-9-5-2-6-10-17/h1,3-4,7-8,11-14,17,20H,2,5-6,9-10,15H2,(H,26,30)(H,27,29,31)/t20-/m1/s1. The summed E-state index contributed by atoms with van der Waals surface area (Å²) in [5, 5.41) is 15.3. The van der Waals surface area contributed by atoms with Crippen LogP contribution in [0.2, 0.25) is 0 Å². The number of anilines is 1. The molecular weight excluding hydrogens is 488 g/mol. The molecule has 1 saturated carbocycles. The van der Waals surface area contributed by atoms with E-state index in [-0.39, 0.29) is 17.7 Å². The van der Waals surface area contributed by atoms with E-state index in [2.05, 4.69) is 36.8 Å². The van der Waals surface area contributed by atoms with Crippen molar-refractivity contribution in [1.82, 2.24) is 15.5 Å². The molecule has 166 valence electrons. The van der Waals surface area contributed by atoms with Crippen LogP contribution < -0.4 is 10.6 Å². The van der Waals surface area contributed by atoms with E-state index >= 15 is 0 Å². The molecule has 32 heavy (non-hydrogen) atoms. The predicted molar refractivity (Wildman–Crippen MR) is 130 cm³/mol. The van der Waals surface area contributed by atoms with Gasteiger partial charge >= 0.3 is 0 Å². The molecule has 1 aromatic heterocycles. The lowest BCUT2D eigenvalue weighted by Crippen LogP contribution is -2.47. The maximum atomic E-state index is 13.1. The molecule has 0 unspecified atom stereocenters. The topological polar surface area (TPSA) is 84.0 Å². The second kappa shape index (κ2) is 10.8. The summed E-state index contributed by atoms with van der Waals surface area (Å²) < 4.78 is 0.983. The molecule has 0 radical (unpaired) electrons. The molecule has 1 fully saturated rings. The first kappa shape index (κ1) is 22.6. The van der Waals surface area contributed by atoms with Gasteiger partial charge in [-0.25, -0.2) is 0 Å². The minimum absolute atomic E-state index is 0.0136. The van der Waals surface area contributed by atoms with Crippen LogP contribution in [-0.2, 0) is 16.0 Å². The SMILES string of the molecule is O=C(N[C@H](Cc1ccccc1)C(=O)Nc1nnc(-c2ccc(Br)cc2)s1)C1CCCCC1. The van der Waals surface area contributed by atoms with Crippen LogP contribution in [-0.4, -0.2) is 28.1 Å². The molecule has 2 N–H and O–H groups in total. The van der Waals surface area contributed by atoms with Crippen LogP contribution in [0, 0.1) is 5.92 Å². The highest BCUT2D eigenvalue weighted by atomic mass is 79.9. The minimum atomic E-state index is -0.674. The van der Waals surface area contributed by atoms with E-state index in [1.165, 1.54) is 17.8 Å². The zero-order valence-corrected chi connectivity index (χ0v) is 20.0. The Morgan fingerprint density at radius 3 is 2.44 bits per heavy atom. The van der Waals surface area contributed by atoms with Gasteiger partial charge in [-0.1, -0.05) is 89.0 Å². The molecule has 0 aliphatic heterocycles. The predicted octanol–water partition coefficient (Wildman–Crippen LogP) is 5.21. The molecule has 1 heterocycles. The number of halogens is 1. The van der Waals surface area contributed by atoms with E-state index in [9.17, 15) is 9.59 Å². The summed E-state index contributed by atoms with van der Waals surface area (Å²) in [6, 6.07) is 16.8. The normalized spacial score (nSPS) is 15.2. The number of amides is 2. The van der Waals surface area contributed by atoms with Gasteiger partial charge in [-0.15, -0.1) is 10.2 Å². The highest BCUT2D eigenvalue weighted by Gasteiger charge is 2.27. The number of rotatable bonds is 7. The third kappa shape index (κ3) is 6.01. The summed E-state index contributed by atoms with van der Waals surface area (Å²) in [4.78, 5) is 26.0. The smallest absolute Gasteiger partial charge is 0.249 e. The van der Waals surface area contributed by atoms with Crippen LogP contribution in [0.1, 0.15) is 37.7 Å². The van der Waals surface area contributed by atoms with Crippen LogP contribution in [0.3, 0.4) is 0 Å². The molecular formula is C24H25BrN4O2S. The lowest BCUT2D eigenvalue weighted by Gasteiger charge is -2.24. The fraction of sp³-hybridized carbons (Fsp3) is 0.333. The Kier molecular flexibility index (Phi) is 7.65. The average molecular weight is 513 g/mol. The van der Waals surface area contributed by atoms with Gasteiger partial charge in [0, 0.05) is 22.4 Å². The van der Waals surface area contributed by atoms with Gasteiger partial charge in [-0.3, -0.25) is 14.9 Å². The zero-order chi connectivity index (χ0) is 22.3. The van der Waals surface area contributed by atoms with E-state index in [0.717, 1.165) is 46.3 Å². The number of hydrogen-bond acceptors (Lipinski definition) is 5. The molecule has 0 saturated heterocycles. The molecule has 6 nitrogen and oxygen atoms in total. The first-order valence-electron chi connectivity index (χ1n) is 10.8. The molecule has 2 amide bonds. The third-order valence-corrected chi connectivity index (χ3v) is 7.05.